The number of carbonyl (C=O) groups is 2. The van der Waals surface area contributed by atoms with Crippen LogP contribution < -0.4 is 9.80 Å². The molecule has 3 rings (SSSR count). The minimum absolute atomic E-state index is 0.0966. The van der Waals surface area contributed by atoms with Gasteiger partial charge in [0, 0.05) is 27.1 Å². The number of hydrogen-bond acceptors (Lipinski definition) is 4. The molecule has 2 aromatic rings. The number of urea groups is 1. The zero-order chi connectivity index (χ0) is 23.6. The number of hydrogen-bond donors (Lipinski definition) is 0. The number of aromatic nitrogens is 1. The Hall–Kier alpha value is -3.10. The molecule has 0 spiro atoms. The Kier molecular flexibility index (Phi) is 6.76. The highest BCUT2D eigenvalue weighted by Crippen LogP contribution is 2.30. The maximum Gasteiger partial charge on any atom is 0.416 e. The summed E-state index contributed by atoms with van der Waals surface area (Å²) < 4.78 is 38.8. The van der Waals surface area contributed by atoms with E-state index in [1.807, 2.05) is 45.0 Å². The molecule has 2 amide bonds. The minimum atomic E-state index is -4.47. The van der Waals surface area contributed by atoms with Crippen molar-refractivity contribution in [2.45, 2.75) is 32.5 Å². The van der Waals surface area contributed by atoms with Crippen LogP contribution in [0.2, 0.25) is 0 Å². The molecule has 9 heteroatoms. The third kappa shape index (κ3) is 5.20. The van der Waals surface area contributed by atoms with Crippen LogP contribution in [0.1, 0.15) is 25.0 Å². The highest BCUT2D eigenvalue weighted by molar-refractivity contribution is 5.97. The zero-order valence-corrected chi connectivity index (χ0v) is 18.6. The lowest BCUT2D eigenvalue weighted by molar-refractivity contribution is -0.137. The SMILES string of the molecule is CC(C)[C@H]1CN(c2ccc(N(C)C)nc2)C(=O)N1CC(=O)Cc1cccc(C(F)(F)F)c1. The van der Waals surface area contributed by atoms with Crippen molar-refractivity contribution in [3.63, 3.8) is 0 Å². The van der Waals surface area contributed by atoms with Gasteiger partial charge < -0.3 is 9.80 Å². The monoisotopic (exact) mass is 448 g/mol. The summed E-state index contributed by atoms with van der Waals surface area (Å²) in [4.78, 5) is 35.1. The van der Waals surface area contributed by atoms with Gasteiger partial charge in [0.05, 0.1) is 30.0 Å². The van der Waals surface area contributed by atoms with E-state index in [-0.39, 0.29) is 42.3 Å². The third-order valence-corrected chi connectivity index (χ3v) is 5.52. The van der Waals surface area contributed by atoms with Crippen LogP contribution >= 0.6 is 0 Å². The van der Waals surface area contributed by atoms with Crippen LogP contribution in [0, 0.1) is 5.92 Å². The van der Waals surface area contributed by atoms with E-state index in [0.717, 1.165) is 18.0 Å². The molecule has 1 atom stereocenters. The van der Waals surface area contributed by atoms with Gasteiger partial charge in [0.1, 0.15) is 5.82 Å². The Morgan fingerprint density at radius 2 is 1.94 bits per heavy atom. The largest absolute Gasteiger partial charge is 0.416 e. The van der Waals surface area contributed by atoms with Crippen molar-refractivity contribution < 1.29 is 22.8 Å². The summed E-state index contributed by atoms with van der Waals surface area (Å²) in [5.74, 6) is 0.541. The summed E-state index contributed by atoms with van der Waals surface area (Å²) in [5.41, 5.74) is 0.122. The van der Waals surface area contributed by atoms with Gasteiger partial charge in [0.2, 0.25) is 0 Å². The number of halogens is 3. The molecule has 0 saturated carbocycles. The van der Waals surface area contributed by atoms with Crippen LogP contribution in [0.15, 0.2) is 42.6 Å². The first-order valence-corrected chi connectivity index (χ1v) is 10.4. The Bertz CT molecular complexity index is 974. The number of pyridine rings is 1. The molecule has 1 saturated heterocycles. The van der Waals surface area contributed by atoms with Gasteiger partial charge in [-0.1, -0.05) is 32.0 Å². The summed E-state index contributed by atoms with van der Waals surface area (Å²) in [6.07, 6.45) is -3.01. The minimum Gasteiger partial charge on any atom is -0.363 e. The zero-order valence-electron chi connectivity index (χ0n) is 18.6. The van der Waals surface area contributed by atoms with Gasteiger partial charge in [-0.25, -0.2) is 9.78 Å². The fourth-order valence-corrected chi connectivity index (χ4v) is 3.77. The number of carbonyl (C=O) groups excluding carboxylic acids is 2. The topological polar surface area (TPSA) is 56.8 Å². The molecule has 2 heterocycles. The van der Waals surface area contributed by atoms with E-state index >= 15 is 0 Å². The van der Waals surface area contributed by atoms with Gasteiger partial charge in [-0.3, -0.25) is 9.69 Å². The second-order valence-electron chi connectivity index (χ2n) is 8.52. The first-order chi connectivity index (χ1) is 15.0. The van der Waals surface area contributed by atoms with E-state index < -0.39 is 11.7 Å². The van der Waals surface area contributed by atoms with Crippen LogP contribution in [0.25, 0.3) is 0 Å². The summed E-state index contributed by atoms with van der Waals surface area (Å²) in [7, 11) is 3.74. The third-order valence-electron chi connectivity index (χ3n) is 5.52. The molecular weight excluding hydrogens is 421 g/mol. The lowest BCUT2D eigenvalue weighted by Gasteiger charge is -2.25. The first kappa shape index (κ1) is 23.6. The highest BCUT2D eigenvalue weighted by Gasteiger charge is 2.40. The first-order valence-electron chi connectivity index (χ1n) is 10.4. The molecule has 1 aliphatic rings. The molecule has 172 valence electrons. The molecule has 0 bridgehead atoms. The molecule has 32 heavy (non-hydrogen) atoms. The lowest BCUT2D eigenvalue weighted by atomic mass is 10.0. The molecular formula is C23H27F3N4O2. The number of anilines is 2. The van der Waals surface area contributed by atoms with Crippen molar-refractivity contribution in [3.8, 4) is 0 Å². The van der Waals surface area contributed by atoms with Crippen molar-refractivity contribution in [2.75, 3.05) is 37.0 Å². The molecule has 0 unspecified atom stereocenters. The van der Waals surface area contributed by atoms with Gasteiger partial charge in [0.15, 0.2) is 5.78 Å². The van der Waals surface area contributed by atoms with Gasteiger partial charge in [-0.2, -0.15) is 13.2 Å². The fourth-order valence-electron chi connectivity index (χ4n) is 3.77. The van der Waals surface area contributed by atoms with Crippen LogP contribution in [-0.2, 0) is 17.4 Å². The Morgan fingerprint density at radius 1 is 1.22 bits per heavy atom. The number of amides is 2. The van der Waals surface area contributed by atoms with E-state index in [1.54, 1.807) is 11.1 Å². The van der Waals surface area contributed by atoms with E-state index in [0.29, 0.717) is 12.2 Å². The Labute approximate surface area is 185 Å². The highest BCUT2D eigenvalue weighted by atomic mass is 19.4. The van der Waals surface area contributed by atoms with Crippen molar-refractivity contribution in [1.29, 1.82) is 0 Å². The smallest absolute Gasteiger partial charge is 0.363 e. The molecule has 1 fully saturated rings. The summed E-state index contributed by atoms with van der Waals surface area (Å²) in [5, 5.41) is 0. The quantitative estimate of drug-likeness (QED) is 0.636. The van der Waals surface area contributed by atoms with Gasteiger partial charge in [-0.05, 0) is 29.7 Å². The molecule has 0 N–H and O–H groups in total. The second kappa shape index (κ2) is 9.18. The molecule has 0 aliphatic carbocycles. The number of ketones is 1. The molecule has 1 aromatic carbocycles. The second-order valence-corrected chi connectivity index (χ2v) is 8.52. The summed E-state index contributed by atoms with van der Waals surface area (Å²) in [6, 6.07) is 7.86. The lowest BCUT2D eigenvalue weighted by Crippen LogP contribution is -2.41. The predicted molar refractivity (Wildman–Crippen MR) is 117 cm³/mol. The number of benzene rings is 1. The van der Waals surface area contributed by atoms with Gasteiger partial charge in [-0.15, -0.1) is 0 Å². The van der Waals surface area contributed by atoms with Gasteiger partial charge in [0.25, 0.3) is 0 Å². The maximum absolute atomic E-state index is 13.1. The van der Waals surface area contributed by atoms with E-state index in [2.05, 4.69) is 4.98 Å². The average Bonchev–Trinajstić information content (AvgIpc) is 3.04. The predicted octanol–water partition coefficient (Wildman–Crippen LogP) is 4.24. The standard InChI is InChI=1S/C23H27F3N4O2/c1-15(2)20-14-29(18-8-9-21(27-12-18)28(3)4)22(32)30(20)13-19(31)11-16-6-5-7-17(10-16)23(24,25)26/h5-10,12,15,20H,11,13-14H2,1-4H3/t20-/m1/s1. The van der Waals surface area contributed by atoms with Crippen LogP contribution in [-0.4, -0.2) is 54.9 Å². The fraction of sp³-hybridized carbons (Fsp3) is 0.435. The summed E-state index contributed by atoms with van der Waals surface area (Å²) >= 11 is 0. The Balaban J connectivity index is 1.74. The van der Waals surface area contributed by atoms with Crippen LogP contribution in [0.3, 0.4) is 0 Å². The molecule has 1 aliphatic heterocycles. The number of Topliss-reactive ketones (excluding diaryl/α,β-unsaturated/α-hetero) is 1. The number of rotatable bonds is 7. The van der Waals surface area contributed by atoms with Crippen molar-refractivity contribution in [1.82, 2.24) is 9.88 Å². The molecule has 0 radical (unpaired) electrons. The average molecular weight is 448 g/mol. The number of nitrogens with zero attached hydrogens (tertiary/aromatic N) is 4. The normalized spacial score (nSPS) is 16.8. The van der Waals surface area contributed by atoms with E-state index in [1.165, 1.54) is 17.0 Å². The van der Waals surface area contributed by atoms with Crippen molar-refractivity contribution in [2.24, 2.45) is 5.92 Å². The van der Waals surface area contributed by atoms with Crippen LogP contribution in [0.4, 0.5) is 29.5 Å². The van der Waals surface area contributed by atoms with E-state index in [4.69, 9.17) is 0 Å². The summed E-state index contributed by atoms with van der Waals surface area (Å²) in [6.45, 7) is 4.20. The van der Waals surface area contributed by atoms with E-state index in [9.17, 15) is 22.8 Å². The maximum atomic E-state index is 13.1. The van der Waals surface area contributed by atoms with Crippen LogP contribution in [0.5, 0.6) is 0 Å². The number of alkyl halides is 3. The van der Waals surface area contributed by atoms with Crippen molar-refractivity contribution >= 4 is 23.3 Å². The van der Waals surface area contributed by atoms with Gasteiger partial charge >= 0.3 is 12.2 Å². The van der Waals surface area contributed by atoms with Crippen molar-refractivity contribution in [3.05, 3.63) is 53.7 Å². The molecule has 6 nitrogen and oxygen atoms in total. The molecule has 1 aromatic heterocycles. The Morgan fingerprint density at radius 3 is 2.50 bits per heavy atom.